The van der Waals surface area contributed by atoms with E-state index in [1.165, 1.54) is 0 Å². The van der Waals surface area contributed by atoms with Crippen molar-refractivity contribution in [1.29, 1.82) is 0 Å². The van der Waals surface area contributed by atoms with E-state index in [4.69, 9.17) is 18.9 Å². The highest BCUT2D eigenvalue weighted by molar-refractivity contribution is 9.10. The predicted molar refractivity (Wildman–Crippen MR) is 102 cm³/mol. The molecule has 0 aromatic heterocycles. The van der Waals surface area contributed by atoms with Crippen LogP contribution in [0.3, 0.4) is 0 Å². The molecule has 2 aromatic rings. The maximum absolute atomic E-state index is 5.61. The van der Waals surface area contributed by atoms with E-state index in [2.05, 4.69) is 21.2 Å². The summed E-state index contributed by atoms with van der Waals surface area (Å²) in [5.74, 6) is 3.07. The second kappa shape index (κ2) is 9.17. The van der Waals surface area contributed by atoms with E-state index in [-0.39, 0.29) is 12.4 Å². The topological polar surface area (TPSA) is 49.0 Å². The van der Waals surface area contributed by atoms with Gasteiger partial charge in [-0.25, -0.2) is 0 Å². The summed E-state index contributed by atoms with van der Waals surface area (Å²) in [6.07, 6.45) is 0. The van der Waals surface area contributed by atoms with E-state index in [0.29, 0.717) is 13.4 Å². The molecule has 0 saturated heterocycles. The van der Waals surface area contributed by atoms with E-state index in [0.717, 1.165) is 51.7 Å². The fraction of sp³-hybridized carbons (Fsp3) is 0.333. The minimum absolute atomic E-state index is 0. The molecule has 0 spiro atoms. The summed E-state index contributed by atoms with van der Waals surface area (Å²) in [6, 6.07) is 10.0. The highest BCUT2D eigenvalue weighted by Gasteiger charge is 2.13. The smallest absolute Gasteiger partial charge is 0.231 e. The van der Waals surface area contributed by atoms with Crippen molar-refractivity contribution in [3.05, 3.63) is 45.9 Å². The molecule has 1 heterocycles. The molecule has 1 aliphatic heterocycles. The number of methoxy groups -OCH3 is 1. The Morgan fingerprint density at radius 2 is 1.84 bits per heavy atom. The van der Waals surface area contributed by atoms with Crippen LogP contribution < -0.4 is 24.3 Å². The molecule has 0 unspecified atom stereocenters. The summed E-state index contributed by atoms with van der Waals surface area (Å²) >= 11 is 3.55. The first-order valence-corrected chi connectivity index (χ1v) is 8.59. The average Bonchev–Trinajstić information content (AvgIpc) is 3.04. The number of rotatable bonds is 7. The van der Waals surface area contributed by atoms with Gasteiger partial charge in [0.1, 0.15) is 0 Å². The third kappa shape index (κ3) is 4.71. The predicted octanol–water partition coefficient (Wildman–Crippen LogP) is 4.30. The SMILES string of the molecule is CCOc1c(Br)cc(CNCc2ccc3c(c2)OCO3)cc1OC.Cl. The van der Waals surface area contributed by atoms with Gasteiger partial charge in [-0.2, -0.15) is 0 Å². The van der Waals surface area contributed by atoms with Crippen molar-refractivity contribution in [2.45, 2.75) is 20.0 Å². The van der Waals surface area contributed by atoms with Crippen LogP contribution in [0.15, 0.2) is 34.8 Å². The maximum Gasteiger partial charge on any atom is 0.231 e. The number of benzene rings is 2. The van der Waals surface area contributed by atoms with E-state index < -0.39 is 0 Å². The Balaban J connectivity index is 0.00000225. The van der Waals surface area contributed by atoms with Crippen molar-refractivity contribution < 1.29 is 18.9 Å². The highest BCUT2D eigenvalue weighted by atomic mass is 79.9. The Labute approximate surface area is 162 Å². The van der Waals surface area contributed by atoms with E-state index in [9.17, 15) is 0 Å². The minimum Gasteiger partial charge on any atom is -0.493 e. The van der Waals surface area contributed by atoms with Gasteiger partial charge in [-0.3, -0.25) is 0 Å². The molecule has 1 aliphatic rings. The quantitative estimate of drug-likeness (QED) is 0.710. The van der Waals surface area contributed by atoms with Gasteiger partial charge in [0.25, 0.3) is 0 Å². The number of hydrogen-bond acceptors (Lipinski definition) is 5. The first-order chi connectivity index (χ1) is 11.7. The fourth-order valence-electron chi connectivity index (χ4n) is 2.56. The summed E-state index contributed by atoms with van der Waals surface area (Å²) in [7, 11) is 1.65. The highest BCUT2D eigenvalue weighted by Crippen LogP contribution is 2.36. The lowest BCUT2D eigenvalue weighted by Gasteiger charge is -2.14. The first kappa shape index (κ1) is 19.7. The molecule has 0 bridgehead atoms. The molecular weight excluding hydrogens is 410 g/mol. The molecule has 0 fully saturated rings. The van der Waals surface area contributed by atoms with Crippen molar-refractivity contribution in [2.24, 2.45) is 0 Å². The second-order valence-corrected chi connectivity index (χ2v) is 6.19. The van der Waals surface area contributed by atoms with Gasteiger partial charge in [0.05, 0.1) is 18.2 Å². The standard InChI is InChI=1S/C18H20BrNO4.ClH/c1-3-22-18-14(19)6-13(8-17(18)21-2)10-20-9-12-4-5-15-16(7-12)24-11-23-15;/h4-8,20H,3,9-11H2,1-2H3;1H. The van der Waals surface area contributed by atoms with Gasteiger partial charge in [-0.05, 0) is 58.2 Å². The number of ether oxygens (including phenoxy) is 4. The Hall–Kier alpha value is -1.63. The van der Waals surface area contributed by atoms with Gasteiger partial charge >= 0.3 is 0 Å². The molecule has 136 valence electrons. The normalized spacial score (nSPS) is 11.8. The lowest BCUT2D eigenvalue weighted by Crippen LogP contribution is -2.13. The van der Waals surface area contributed by atoms with Crippen LogP contribution in [0.25, 0.3) is 0 Å². The van der Waals surface area contributed by atoms with Crippen LogP contribution in [0, 0.1) is 0 Å². The summed E-state index contributed by atoms with van der Waals surface area (Å²) in [5, 5.41) is 3.43. The van der Waals surface area contributed by atoms with E-state index >= 15 is 0 Å². The zero-order chi connectivity index (χ0) is 16.9. The monoisotopic (exact) mass is 429 g/mol. The lowest BCUT2D eigenvalue weighted by atomic mass is 10.1. The van der Waals surface area contributed by atoms with Crippen molar-refractivity contribution in [2.75, 3.05) is 20.5 Å². The van der Waals surface area contributed by atoms with Gasteiger partial charge in [-0.1, -0.05) is 6.07 Å². The summed E-state index contributed by atoms with van der Waals surface area (Å²) in [4.78, 5) is 0. The maximum atomic E-state index is 5.61. The Morgan fingerprint density at radius 1 is 1.08 bits per heavy atom. The molecule has 0 atom stereocenters. The molecular formula is C18H21BrClNO4. The third-order valence-electron chi connectivity index (χ3n) is 3.67. The van der Waals surface area contributed by atoms with Crippen molar-refractivity contribution in [3.8, 4) is 23.0 Å². The largest absolute Gasteiger partial charge is 0.493 e. The summed E-state index contributed by atoms with van der Waals surface area (Å²) < 4.78 is 22.6. The minimum atomic E-state index is 0. The fourth-order valence-corrected chi connectivity index (χ4v) is 3.17. The molecule has 2 aromatic carbocycles. The average molecular weight is 431 g/mol. The number of halogens is 2. The van der Waals surface area contributed by atoms with E-state index in [1.807, 2.05) is 37.3 Å². The van der Waals surface area contributed by atoms with Gasteiger partial charge in [-0.15, -0.1) is 12.4 Å². The lowest BCUT2D eigenvalue weighted by molar-refractivity contribution is 0.174. The van der Waals surface area contributed by atoms with Crippen LogP contribution in [0.5, 0.6) is 23.0 Å². The number of fused-ring (bicyclic) bond motifs is 1. The number of hydrogen-bond donors (Lipinski definition) is 1. The first-order valence-electron chi connectivity index (χ1n) is 7.79. The zero-order valence-corrected chi connectivity index (χ0v) is 16.5. The second-order valence-electron chi connectivity index (χ2n) is 5.33. The van der Waals surface area contributed by atoms with Crippen LogP contribution in [0.4, 0.5) is 0 Å². The summed E-state index contributed by atoms with van der Waals surface area (Å²) in [6.45, 7) is 4.30. The number of nitrogens with one attached hydrogen (secondary N) is 1. The van der Waals surface area contributed by atoms with Crippen molar-refractivity contribution >= 4 is 28.3 Å². The molecule has 25 heavy (non-hydrogen) atoms. The summed E-state index contributed by atoms with van der Waals surface area (Å²) in [5.41, 5.74) is 2.26. The van der Waals surface area contributed by atoms with Crippen LogP contribution in [0.2, 0.25) is 0 Å². The molecule has 0 radical (unpaired) electrons. The van der Waals surface area contributed by atoms with Crippen molar-refractivity contribution in [1.82, 2.24) is 5.32 Å². The molecule has 1 N–H and O–H groups in total. The Morgan fingerprint density at radius 3 is 2.60 bits per heavy atom. The Kier molecular flexibility index (Phi) is 7.23. The molecule has 7 heteroatoms. The van der Waals surface area contributed by atoms with Gasteiger partial charge in [0, 0.05) is 13.1 Å². The van der Waals surface area contributed by atoms with Crippen LogP contribution in [-0.2, 0) is 13.1 Å². The van der Waals surface area contributed by atoms with Crippen LogP contribution in [-0.4, -0.2) is 20.5 Å². The molecule has 5 nitrogen and oxygen atoms in total. The van der Waals surface area contributed by atoms with Gasteiger partial charge < -0.3 is 24.3 Å². The Bertz CT molecular complexity index is 726. The van der Waals surface area contributed by atoms with Crippen LogP contribution >= 0.6 is 28.3 Å². The third-order valence-corrected chi connectivity index (χ3v) is 4.26. The zero-order valence-electron chi connectivity index (χ0n) is 14.1. The molecule has 0 saturated carbocycles. The van der Waals surface area contributed by atoms with E-state index in [1.54, 1.807) is 7.11 Å². The van der Waals surface area contributed by atoms with Gasteiger partial charge in [0.15, 0.2) is 23.0 Å². The van der Waals surface area contributed by atoms with Crippen molar-refractivity contribution in [3.63, 3.8) is 0 Å². The molecule has 3 rings (SSSR count). The van der Waals surface area contributed by atoms with Gasteiger partial charge in [0.2, 0.25) is 6.79 Å². The van der Waals surface area contributed by atoms with Crippen LogP contribution in [0.1, 0.15) is 18.1 Å². The molecule has 0 aliphatic carbocycles. The molecule has 0 amide bonds.